The average molecular weight is 660 g/mol. The Labute approximate surface area is 297 Å². The molecule has 0 amide bonds. The summed E-state index contributed by atoms with van der Waals surface area (Å²) in [5.41, 5.74) is 9.24. The summed E-state index contributed by atoms with van der Waals surface area (Å²) in [6.07, 6.45) is 1.71. The van der Waals surface area contributed by atoms with E-state index < -0.39 is 0 Å². The van der Waals surface area contributed by atoms with Crippen molar-refractivity contribution in [2.45, 2.75) is 0 Å². The molecule has 51 heavy (non-hydrogen) atoms. The van der Waals surface area contributed by atoms with E-state index in [0.717, 1.165) is 17.1 Å². The molecular formula is C46H33N3O2. The summed E-state index contributed by atoms with van der Waals surface area (Å²) in [4.78, 5) is 9.16. The third kappa shape index (κ3) is 5.91. The number of hydrogen-bond donors (Lipinski definition) is 0. The van der Waals surface area contributed by atoms with Crippen LogP contribution >= 0.6 is 0 Å². The van der Waals surface area contributed by atoms with E-state index in [-0.39, 0.29) is 0 Å². The molecule has 0 saturated carbocycles. The van der Waals surface area contributed by atoms with Crippen LogP contribution in [0.3, 0.4) is 0 Å². The molecule has 2 heterocycles. The Kier molecular flexibility index (Phi) is 7.84. The quantitative estimate of drug-likeness (QED) is 0.162. The molecule has 0 atom stereocenters. The Morgan fingerprint density at radius 2 is 1.08 bits per heavy atom. The number of pyridine rings is 1. The molecule has 0 unspecified atom stereocenters. The highest BCUT2D eigenvalue weighted by molar-refractivity contribution is 6.09. The van der Waals surface area contributed by atoms with E-state index in [1.807, 2.05) is 48.5 Å². The van der Waals surface area contributed by atoms with Gasteiger partial charge in [-0.2, -0.15) is 0 Å². The molecule has 0 bridgehead atoms. The van der Waals surface area contributed by atoms with Crippen molar-refractivity contribution in [3.8, 4) is 45.4 Å². The summed E-state index contributed by atoms with van der Waals surface area (Å²) in [5.74, 6) is 2.60. The van der Waals surface area contributed by atoms with E-state index in [9.17, 15) is 0 Å². The predicted octanol–water partition coefficient (Wildman–Crippen LogP) is 12.4. The lowest BCUT2D eigenvalue weighted by Gasteiger charge is -2.27. The lowest BCUT2D eigenvalue weighted by atomic mass is 9.94. The molecule has 8 aromatic rings. The summed E-state index contributed by atoms with van der Waals surface area (Å²) in [7, 11) is 0. The Hall–Kier alpha value is -6.85. The molecular weight excluding hydrogens is 627 g/mol. The minimum absolute atomic E-state index is 0.533. The average Bonchev–Trinajstić information content (AvgIpc) is 3.59. The first-order valence-electron chi connectivity index (χ1n) is 17.1. The van der Waals surface area contributed by atoms with Gasteiger partial charge in [-0.3, -0.25) is 0 Å². The van der Waals surface area contributed by atoms with Crippen molar-refractivity contribution in [2.24, 2.45) is 0 Å². The van der Waals surface area contributed by atoms with Gasteiger partial charge in [-0.05, 0) is 52.9 Å². The number of nitrogens with zero attached hydrogens (tertiary/aromatic N) is 3. The molecule has 0 saturated heterocycles. The summed E-state index contributed by atoms with van der Waals surface area (Å²) in [6.45, 7) is 0.615. The zero-order valence-electron chi connectivity index (χ0n) is 27.8. The monoisotopic (exact) mass is 659 g/mol. The highest BCUT2D eigenvalue weighted by Crippen LogP contribution is 2.52. The Balaban J connectivity index is 1.14. The molecule has 0 N–H and O–H groups in total. The van der Waals surface area contributed by atoms with Crippen LogP contribution in [0.5, 0.6) is 23.1 Å². The summed E-state index contributed by atoms with van der Waals surface area (Å²) >= 11 is 0. The van der Waals surface area contributed by atoms with Crippen molar-refractivity contribution in [3.05, 3.63) is 188 Å². The summed E-state index contributed by atoms with van der Waals surface area (Å²) in [5, 5.41) is 2.41. The zero-order valence-corrected chi connectivity index (χ0v) is 27.8. The number of aromatic nitrogens is 1. The smallest absolute Gasteiger partial charge is 0.219 e. The highest BCUT2D eigenvalue weighted by Gasteiger charge is 2.33. The van der Waals surface area contributed by atoms with E-state index in [1.165, 1.54) is 44.4 Å². The minimum Gasteiger partial charge on any atom is -0.457 e. The summed E-state index contributed by atoms with van der Waals surface area (Å²) < 4.78 is 12.4. The summed E-state index contributed by atoms with van der Waals surface area (Å²) in [6, 6.07) is 62.7. The van der Waals surface area contributed by atoms with Gasteiger partial charge in [0.1, 0.15) is 23.9 Å². The highest BCUT2D eigenvalue weighted by atomic mass is 16.5. The van der Waals surface area contributed by atoms with Crippen LogP contribution in [0.4, 0.5) is 22.7 Å². The molecule has 5 heteroatoms. The fraction of sp³-hybridized carbons (Fsp3) is 0.0217. The third-order valence-electron chi connectivity index (χ3n) is 9.23. The maximum atomic E-state index is 6.44. The van der Waals surface area contributed by atoms with Gasteiger partial charge in [-0.1, -0.05) is 127 Å². The number of rotatable bonds is 8. The second kappa shape index (κ2) is 13.2. The van der Waals surface area contributed by atoms with Gasteiger partial charge in [0.2, 0.25) is 5.88 Å². The van der Waals surface area contributed by atoms with Crippen LogP contribution in [0.2, 0.25) is 0 Å². The minimum atomic E-state index is 0.533. The van der Waals surface area contributed by atoms with E-state index >= 15 is 0 Å². The van der Waals surface area contributed by atoms with Gasteiger partial charge in [0, 0.05) is 46.6 Å². The Morgan fingerprint density at radius 3 is 1.80 bits per heavy atom. The van der Waals surface area contributed by atoms with Gasteiger partial charge in [-0.25, -0.2) is 4.98 Å². The fourth-order valence-corrected chi connectivity index (χ4v) is 6.95. The molecule has 1 aliphatic rings. The van der Waals surface area contributed by atoms with E-state index in [2.05, 4.69) is 148 Å². The molecule has 0 spiro atoms. The topological polar surface area (TPSA) is 37.8 Å². The SMILES string of the molecule is c1ccc(-c2cccc(-c3ccccc3)c2N2CN(c3cccc(Oc4cccc(Oc5ccccn5)c4)c3)c3ccc4ccccc4c32)cc1. The van der Waals surface area contributed by atoms with Crippen LogP contribution in [0, 0.1) is 0 Å². The molecule has 1 aliphatic heterocycles. The molecule has 7 aromatic carbocycles. The van der Waals surface area contributed by atoms with E-state index in [0.29, 0.717) is 24.0 Å². The number of ether oxygens (including phenoxy) is 2. The number of fused-ring (bicyclic) bond motifs is 3. The van der Waals surface area contributed by atoms with Crippen LogP contribution in [0.25, 0.3) is 33.0 Å². The standard InChI is InChI=1S/C46H33N3O2/c1-3-14-33(15-4-1)40-24-13-25-41(34-16-5-2-6-17-34)45(40)49-32-48(43-28-27-35-18-7-8-23-42(35)46(43)49)36-19-11-20-37(30-36)50-38-21-12-22-39(31-38)51-44-26-9-10-29-47-44/h1-31H,32H2. The lowest BCUT2D eigenvalue weighted by molar-refractivity contribution is 0.449. The first kappa shape index (κ1) is 30.2. The van der Waals surface area contributed by atoms with Crippen LogP contribution in [-0.2, 0) is 0 Å². The van der Waals surface area contributed by atoms with Gasteiger partial charge < -0.3 is 19.3 Å². The molecule has 0 fully saturated rings. The number of para-hydroxylation sites is 1. The maximum absolute atomic E-state index is 6.44. The van der Waals surface area contributed by atoms with Gasteiger partial charge in [-0.15, -0.1) is 0 Å². The van der Waals surface area contributed by atoms with Gasteiger partial charge in [0.05, 0.1) is 17.1 Å². The van der Waals surface area contributed by atoms with Crippen molar-refractivity contribution in [1.29, 1.82) is 0 Å². The molecule has 9 rings (SSSR count). The normalized spacial score (nSPS) is 12.2. The fourth-order valence-electron chi connectivity index (χ4n) is 6.95. The maximum Gasteiger partial charge on any atom is 0.219 e. The molecule has 0 aliphatic carbocycles. The van der Waals surface area contributed by atoms with Crippen LogP contribution in [-0.4, -0.2) is 11.7 Å². The van der Waals surface area contributed by atoms with Crippen molar-refractivity contribution in [2.75, 3.05) is 16.5 Å². The Morgan fingerprint density at radius 1 is 0.451 bits per heavy atom. The van der Waals surface area contributed by atoms with Crippen LogP contribution in [0.1, 0.15) is 0 Å². The third-order valence-corrected chi connectivity index (χ3v) is 9.23. The zero-order chi connectivity index (χ0) is 34.0. The van der Waals surface area contributed by atoms with Crippen molar-refractivity contribution >= 4 is 33.5 Å². The Bertz CT molecular complexity index is 2410. The molecule has 0 radical (unpaired) electrons. The van der Waals surface area contributed by atoms with Crippen LogP contribution in [0.15, 0.2) is 188 Å². The van der Waals surface area contributed by atoms with Crippen molar-refractivity contribution in [3.63, 3.8) is 0 Å². The molecule has 1 aromatic heterocycles. The molecule has 244 valence electrons. The molecule has 5 nitrogen and oxygen atoms in total. The lowest BCUT2D eigenvalue weighted by Crippen LogP contribution is -2.25. The second-order valence-corrected chi connectivity index (χ2v) is 12.4. The van der Waals surface area contributed by atoms with Gasteiger partial charge >= 0.3 is 0 Å². The van der Waals surface area contributed by atoms with Crippen molar-refractivity contribution < 1.29 is 9.47 Å². The van der Waals surface area contributed by atoms with Gasteiger partial charge in [0.25, 0.3) is 0 Å². The van der Waals surface area contributed by atoms with Crippen molar-refractivity contribution in [1.82, 2.24) is 4.98 Å². The van der Waals surface area contributed by atoms with Gasteiger partial charge in [0.15, 0.2) is 0 Å². The number of benzene rings is 7. The number of hydrogen-bond acceptors (Lipinski definition) is 5. The second-order valence-electron chi connectivity index (χ2n) is 12.4. The van der Waals surface area contributed by atoms with E-state index in [1.54, 1.807) is 6.20 Å². The van der Waals surface area contributed by atoms with Crippen LogP contribution < -0.4 is 19.3 Å². The van der Waals surface area contributed by atoms with E-state index in [4.69, 9.17) is 9.47 Å². The predicted molar refractivity (Wildman–Crippen MR) is 208 cm³/mol. The largest absolute Gasteiger partial charge is 0.457 e. The first-order valence-corrected chi connectivity index (χ1v) is 17.1. The number of anilines is 4. The first-order chi connectivity index (χ1) is 25.3.